The van der Waals surface area contributed by atoms with Crippen LogP contribution in [0, 0.1) is 0 Å². The number of aryl methyl sites for hydroxylation is 1. The van der Waals surface area contributed by atoms with Crippen molar-refractivity contribution in [3.63, 3.8) is 0 Å². The maximum Gasteiger partial charge on any atom is 0.345 e. The number of hydrogen-bond donors (Lipinski definition) is 1. The molecule has 6 nitrogen and oxygen atoms in total. The van der Waals surface area contributed by atoms with Crippen molar-refractivity contribution in [2.45, 2.75) is 13.3 Å². The molecular weight excluding hydrogens is 496 g/mol. The zero-order chi connectivity index (χ0) is 22.9. The molecule has 0 aliphatic rings. The molecule has 8 heteroatoms. The lowest BCUT2D eigenvalue weighted by Gasteiger charge is -2.09. The fourth-order valence-corrected chi connectivity index (χ4v) is 3.26. The lowest BCUT2D eigenvalue weighted by atomic mass is 10.2. The second kappa shape index (κ2) is 11.5. The van der Waals surface area contributed by atoms with E-state index in [2.05, 4.69) is 33.4 Å². The van der Waals surface area contributed by atoms with Gasteiger partial charge in [-0.3, -0.25) is 4.79 Å². The van der Waals surface area contributed by atoms with Gasteiger partial charge in [0.1, 0.15) is 11.5 Å². The summed E-state index contributed by atoms with van der Waals surface area (Å²) in [6, 6.07) is 19.2. The van der Waals surface area contributed by atoms with Gasteiger partial charge >= 0.3 is 5.97 Å². The number of carbonyl (C=O) groups is 2. The Balaban J connectivity index is 1.61. The van der Waals surface area contributed by atoms with Crippen LogP contribution in [-0.2, 0) is 11.2 Å². The molecule has 3 aromatic carbocycles. The quantitative estimate of drug-likeness (QED) is 0.188. The van der Waals surface area contributed by atoms with Crippen molar-refractivity contribution < 1.29 is 19.1 Å². The smallest absolute Gasteiger partial charge is 0.345 e. The lowest BCUT2D eigenvalue weighted by molar-refractivity contribution is -0.123. The van der Waals surface area contributed by atoms with Crippen molar-refractivity contribution in [1.29, 1.82) is 0 Å². The Morgan fingerprint density at radius 1 is 1.09 bits per heavy atom. The Hall–Kier alpha value is -3.16. The number of rotatable bonds is 8. The topological polar surface area (TPSA) is 77.0 Å². The lowest BCUT2D eigenvalue weighted by Crippen LogP contribution is -2.24. The zero-order valence-corrected chi connectivity index (χ0v) is 19.5. The summed E-state index contributed by atoms with van der Waals surface area (Å²) < 4.78 is 11.7. The monoisotopic (exact) mass is 514 g/mol. The number of nitrogens with zero attached hydrogens (tertiary/aromatic N) is 1. The SMILES string of the molecule is CCc1ccc(OCC(=O)N/N=C/c2cc(Br)ccc2OC(=O)c2ccccc2Cl)cc1. The number of carbonyl (C=O) groups excluding carboxylic acids is 2. The van der Waals surface area contributed by atoms with Gasteiger partial charge in [0.2, 0.25) is 0 Å². The van der Waals surface area contributed by atoms with Gasteiger partial charge in [0, 0.05) is 10.0 Å². The van der Waals surface area contributed by atoms with Gasteiger partial charge in [-0.25, -0.2) is 10.2 Å². The normalized spacial score (nSPS) is 10.7. The Kier molecular flexibility index (Phi) is 8.41. The number of esters is 1. The second-order valence-corrected chi connectivity index (χ2v) is 7.95. The standard InChI is InChI=1S/C24H20BrClN2O4/c1-2-16-7-10-19(11-8-16)31-15-23(29)28-27-14-17-13-18(25)9-12-22(17)32-24(30)20-5-3-4-6-21(20)26/h3-14H,2,15H2,1H3,(H,28,29)/b27-14+. The van der Waals surface area contributed by atoms with E-state index in [1.54, 1.807) is 42.5 Å². The van der Waals surface area contributed by atoms with E-state index in [0.29, 0.717) is 16.3 Å². The average molecular weight is 516 g/mol. The summed E-state index contributed by atoms with van der Waals surface area (Å²) in [6.45, 7) is 1.88. The summed E-state index contributed by atoms with van der Waals surface area (Å²) in [5.41, 5.74) is 4.31. The summed E-state index contributed by atoms with van der Waals surface area (Å²) in [4.78, 5) is 24.5. The van der Waals surface area contributed by atoms with Gasteiger partial charge < -0.3 is 9.47 Å². The van der Waals surface area contributed by atoms with Crippen molar-refractivity contribution in [2.24, 2.45) is 5.10 Å². The van der Waals surface area contributed by atoms with Crippen molar-refractivity contribution in [2.75, 3.05) is 6.61 Å². The third kappa shape index (κ3) is 6.67. The third-order valence-electron chi connectivity index (χ3n) is 4.36. The molecule has 0 aromatic heterocycles. The van der Waals surface area contributed by atoms with Crippen LogP contribution >= 0.6 is 27.5 Å². The fourth-order valence-electron chi connectivity index (χ4n) is 2.67. The number of halogens is 2. The molecule has 0 aliphatic carbocycles. The highest BCUT2D eigenvalue weighted by Crippen LogP contribution is 2.24. The largest absolute Gasteiger partial charge is 0.484 e. The minimum atomic E-state index is -0.598. The zero-order valence-electron chi connectivity index (χ0n) is 17.2. The number of hydrogen-bond acceptors (Lipinski definition) is 5. The van der Waals surface area contributed by atoms with Crippen LogP contribution in [0.3, 0.4) is 0 Å². The fraction of sp³-hybridized carbons (Fsp3) is 0.125. The number of hydrazone groups is 1. The Bertz CT molecular complexity index is 1130. The molecule has 0 unspecified atom stereocenters. The summed E-state index contributed by atoms with van der Waals surface area (Å²) in [6.07, 6.45) is 2.31. The maximum absolute atomic E-state index is 12.5. The molecule has 3 rings (SSSR count). The molecule has 0 saturated carbocycles. The van der Waals surface area contributed by atoms with Crippen LogP contribution in [0.25, 0.3) is 0 Å². The second-order valence-electron chi connectivity index (χ2n) is 6.63. The molecule has 0 heterocycles. The van der Waals surface area contributed by atoms with Crippen molar-refractivity contribution in [3.8, 4) is 11.5 Å². The van der Waals surface area contributed by atoms with Crippen LogP contribution in [0.15, 0.2) is 76.3 Å². The van der Waals surface area contributed by atoms with Crippen molar-refractivity contribution in [1.82, 2.24) is 5.43 Å². The van der Waals surface area contributed by atoms with E-state index >= 15 is 0 Å². The third-order valence-corrected chi connectivity index (χ3v) is 5.19. The molecule has 3 aromatic rings. The van der Waals surface area contributed by atoms with E-state index in [9.17, 15) is 9.59 Å². The van der Waals surface area contributed by atoms with Crippen molar-refractivity contribution >= 4 is 45.6 Å². The highest BCUT2D eigenvalue weighted by atomic mass is 79.9. The first-order chi connectivity index (χ1) is 15.5. The van der Waals surface area contributed by atoms with Gasteiger partial charge in [-0.2, -0.15) is 5.10 Å². The molecule has 32 heavy (non-hydrogen) atoms. The van der Waals surface area contributed by atoms with E-state index in [1.165, 1.54) is 11.8 Å². The molecule has 0 bridgehead atoms. The minimum Gasteiger partial charge on any atom is -0.484 e. The maximum atomic E-state index is 12.5. The van der Waals surface area contributed by atoms with E-state index in [0.717, 1.165) is 10.9 Å². The molecule has 1 N–H and O–H groups in total. The van der Waals surface area contributed by atoms with E-state index < -0.39 is 11.9 Å². The van der Waals surface area contributed by atoms with Crippen LogP contribution in [0.1, 0.15) is 28.4 Å². The van der Waals surface area contributed by atoms with Gasteiger partial charge in [-0.1, -0.05) is 58.7 Å². The summed E-state index contributed by atoms with van der Waals surface area (Å²) >= 11 is 9.43. The van der Waals surface area contributed by atoms with E-state index in [1.807, 2.05) is 24.3 Å². The molecule has 0 saturated heterocycles. The molecule has 0 atom stereocenters. The van der Waals surface area contributed by atoms with Gasteiger partial charge in [-0.05, 0) is 54.4 Å². The molecule has 0 aliphatic heterocycles. The van der Waals surface area contributed by atoms with Crippen LogP contribution in [0.4, 0.5) is 0 Å². The summed E-state index contributed by atoms with van der Waals surface area (Å²) in [7, 11) is 0. The Morgan fingerprint density at radius 2 is 1.84 bits per heavy atom. The molecule has 164 valence electrons. The van der Waals surface area contributed by atoms with Crippen LogP contribution in [0.2, 0.25) is 5.02 Å². The van der Waals surface area contributed by atoms with E-state index in [-0.39, 0.29) is 17.9 Å². The van der Waals surface area contributed by atoms with Gasteiger partial charge in [0.05, 0.1) is 16.8 Å². The molecule has 1 amide bonds. The van der Waals surface area contributed by atoms with Crippen LogP contribution < -0.4 is 14.9 Å². The van der Waals surface area contributed by atoms with Crippen LogP contribution in [0.5, 0.6) is 11.5 Å². The van der Waals surface area contributed by atoms with E-state index in [4.69, 9.17) is 21.1 Å². The average Bonchev–Trinajstić information content (AvgIpc) is 2.80. The van der Waals surface area contributed by atoms with Crippen LogP contribution in [-0.4, -0.2) is 24.7 Å². The van der Waals surface area contributed by atoms with Gasteiger partial charge in [0.25, 0.3) is 5.91 Å². The molecule has 0 spiro atoms. The summed E-state index contributed by atoms with van der Waals surface area (Å²) in [5.74, 6) is -0.157. The first kappa shape index (κ1) is 23.5. The Morgan fingerprint density at radius 3 is 2.56 bits per heavy atom. The highest BCUT2D eigenvalue weighted by Gasteiger charge is 2.14. The number of amides is 1. The number of ether oxygens (including phenoxy) is 2. The Labute approximate surface area is 199 Å². The number of nitrogens with one attached hydrogen (secondary N) is 1. The van der Waals surface area contributed by atoms with Gasteiger partial charge in [-0.15, -0.1) is 0 Å². The molecular formula is C24H20BrClN2O4. The predicted octanol–water partition coefficient (Wildman–Crippen LogP) is 5.41. The first-order valence-electron chi connectivity index (χ1n) is 9.76. The van der Waals surface area contributed by atoms with Crippen molar-refractivity contribution in [3.05, 3.63) is 92.9 Å². The summed E-state index contributed by atoms with van der Waals surface area (Å²) in [5, 5.41) is 4.23. The highest BCUT2D eigenvalue weighted by molar-refractivity contribution is 9.10. The van der Waals surface area contributed by atoms with Gasteiger partial charge in [0.15, 0.2) is 6.61 Å². The molecule has 0 fully saturated rings. The first-order valence-corrected chi connectivity index (χ1v) is 10.9. The minimum absolute atomic E-state index is 0.185. The number of benzene rings is 3. The predicted molar refractivity (Wildman–Crippen MR) is 128 cm³/mol. The molecule has 0 radical (unpaired) electrons.